The molecular formula is C11H23NO2S. The van der Waals surface area contributed by atoms with Gasteiger partial charge in [-0.05, 0) is 38.6 Å². The first-order valence-corrected chi connectivity index (χ1v) is 7.57. The first-order valence-electron chi connectivity index (χ1n) is 5.96. The predicted octanol–water partition coefficient (Wildman–Crippen LogP) is 1.72. The summed E-state index contributed by atoms with van der Waals surface area (Å²) in [5.74, 6) is 0.192. The van der Waals surface area contributed by atoms with Gasteiger partial charge in [-0.2, -0.15) is 0 Å². The van der Waals surface area contributed by atoms with E-state index >= 15 is 0 Å². The molecule has 1 aliphatic carbocycles. The van der Waals surface area contributed by atoms with Gasteiger partial charge in [0, 0.05) is 0 Å². The van der Waals surface area contributed by atoms with E-state index < -0.39 is 9.84 Å². The largest absolute Gasteiger partial charge is 0.330 e. The van der Waals surface area contributed by atoms with Crippen molar-refractivity contribution in [1.82, 2.24) is 0 Å². The van der Waals surface area contributed by atoms with Crippen molar-refractivity contribution in [3.05, 3.63) is 0 Å². The van der Waals surface area contributed by atoms with E-state index in [1.807, 2.05) is 13.8 Å². The van der Waals surface area contributed by atoms with Crippen LogP contribution in [0.25, 0.3) is 0 Å². The van der Waals surface area contributed by atoms with Gasteiger partial charge in [-0.1, -0.05) is 19.8 Å². The van der Waals surface area contributed by atoms with Crippen LogP contribution < -0.4 is 5.73 Å². The molecule has 15 heavy (non-hydrogen) atoms. The zero-order chi connectivity index (χ0) is 11.5. The molecule has 1 aliphatic rings. The third kappa shape index (κ3) is 2.72. The van der Waals surface area contributed by atoms with Crippen LogP contribution in [0.15, 0.2) is 0 Å². The van der Waals surface area contributed by atoms with Crippen molar-refractivity contribution in [2.75, 3.05) is 6.54 Å². The maximum absolute atomic E-state index is 12.2. The van der Waals surface area contributed by atoms with E-state index in [2.05, 4.69) is 0 Å². The maximum Gasteiger partial charge on any atom is 0.156 e. The average molecular weight is 233 g/mol. The van der Waals surface area contributed by atoms with Crippen LogP contribution in [0.2, 0.25) is 0 Å². The van der Waals surface area contributed by atoms with E-state index in [1.54, 1.807) is 0 Å². The lowest BCUT2D eigenvalue weighted by Crippen LogP contribution is -2.40. The molecule has 90 valence electrons. The Hall–Kier alpha value is -0.0900. The fourth-order valence-corrected chi connectivity index (χ4v) is 4.75. The molecule has 2 N–H and O–H groups in total. The van der Waals surface area contributed by atoms with Crippen molar-refractivity contribution >= 4 is 9.84 Å². The van der Waals surface area contributed by atoms with Crippen LogP contribution in [0.1, 0.15) is 46.0 Å². The lowest BCUT2D eigenvalue weighted by atomic mass is 9.89. The molecule has 1 fully saturated rings. The molecule has 1 rings (SSSR count). The second-order valence-corrected chi connectivity index (χ2v) is 7.21. The van der Waals surface area contributed by atoms with Gasteiger partial charge in [0.1, 0.15) is 0 Å². The quantitative estimate of drug-likeness (QED) is 0.804. The highest BCUT2D eigenvalue weighted by Crippen LogP contribution is 2.31. The van der Waals surface area contributed by atoms with Crippen LogP contribution in [0.5, 0.6) is 0 Å². The zero-order valence-electron chi connectivity index (χ0n) is 9.78. The summed E-state index contributed by atoms with van der Waals surface area (Å²) in [6, 6.07) is 0. The smallest absolute Gasteiger partial charge is 0.156 e. The summed E-state index contributed by atoms with van der Waals surface area (Å²) in [6.07, 6.45) is 4.67. The summed E-state index contributed by atoms with van der Waals surface area (Å²) >= 11 is 0. The molecule has 1 saturated carbocycles. The minimum Gasteiger partial charge on any atom is -0.330 e. The van der Waals surface area contributed by atoms with Gasteiger partial charge < -0.3 is 5.73 Å². The third-order valence-corrected chi connectivity index (χ3v) is 6.62. The molecule has 0 radical (unpaired) electrons. The lowest BCUT2D eigenvalue weighted by Gasteiger charge is -2.32. The molecule has 0 saturated heterocycles. The number of rotatable bonds is 4. The van der Waals surface area contributed by atoms with Crippen molar-refractivity contribution in [2.24, 2.45) is 11.7 Å². The van der Waals surface area contributed by atoms with Gasteiger partial charge >= 0.3 is 0 Å². The van der Waals surface area contributed by atoms with Gasteiger partial charge in [0.25, 0.3) is 0 Å². The zero-order valence-corrected chi connectivity index (χ0v) is 10.6. The van der Waals surface area contributed by atoms with Crippen molar-refractivity contribution in [3.63, 3.8) is 0 Å². The second-order valence-electron chi connectivity index (χ2n) is 4.63. The first kappa shape index (κ1) is 13.0. The molecule has 0 aromatic carbocycles. The van der Waals surface area contributed by atoms with Gasteiger partial charge in [0.2, 0.25) is 0 Å². The molecular weight excluding hydrogens is 210 g/mol. The van der Waals surface area contributed by atoms with E-state index in [1.165, 1.54) is 0 Å². The number of sulfone groups is 1. The SMILES string of the molecule is CCC(C)S(=O)(=O)C1CCCCC1CN. The van der Waals surface area contributed by atoms with Crippen LogP contribution in [0, 0.1) is 5.92 Å². The van der Waals surface area contributed by atoms with Crippen molar-refractivity contribution < 1.29 is 8.42 Å². The molecule has 0 spiro atoms. The van der Waals surface area contributed by atoms with E-state index in [0.29, 0.717) is 13.0 Å². The van der Waals surface area contributed by atoms with E-state index in [-0.39, 0.29) is 16.4 Å². The van der Waals surface area contributed by atoms with Crippen molar-refractivity contribution in [1.29, 1.82) is 0 Å². The number of nitrogens with two attached hydrogens (primary N) is 1. The molecule has 0 aromatic heterocycles. The fraction of sp³-hybridized carbons (Fsp3) is 1.00. The predicted molar refractivity (Wildman–Crippen MR) is 63.5 cm³/mol. The first-order chi connectivity index (χ1) is 7.04. The van der Waals surface area contributed by atoms with E-state index in [0.717, 1.165) is 25.7 Å². The molecule has 0 bridgehead atoms. The molecule has 0 aromatic rings. The molecule has 3 atom stereocenters. The summed E-state index contributed by atoms with van der Waals surface area (Å²) in [7, 11) is -2.95. The highest BCUT2D eigenvalue weighted by atomic mass is 32.2. The van der Waals surface area contributed by atoms with Crippen molar-refractivity contribution in [3.8, 4) is 0 Å². The molecule has 3 nitrogen and oxygen atoms in total. The Morgan fingerprint density at radius 1 is 1.33 bits per heavy atom. The molecule has 0 amide bonds. The molecule has 0 heterocycles. The Morgan fingerprint density at radius 3 is 2.47 bits per heavy atom. The Labute approximate surface area is 93.3 Å². The summed E-state index contributed by atoms with van der Waals surface area (Å²) in [6.45, 7) is 4.26. The molecule has 3 unspecified atom stereocenters. The lowest BCUT2D eigenvalue weighted by molar-refractivity contribution is 0.361. The fourth-order valence-electron chi connectivity index (χ4n) is 2.41. The Kier molecular flexibility index (Phi) is 4.59. The third-order valence-electron chi connectivity index (χ3n) is 3.70. The van der Waals surface area contributed by atoms with Gasteiger partial charge in [0.05, 0.1) is 10.5 Å². The van der Waals surface area contributed by atoms with E-state index in [4.69, 9.17) is 5.73 Å². The monoisotopic (exact) mass is 233 g/mol. The molecule has 0 aliphatic heterocycles. The molecule has 4 heteroatoms. The van der Waals surface area contributed by atoms with E-state index in [9.17, 15) is 8.42 Å². The van der Waals surface area contributed by atoms with Gasteiger partial charge in [-0.15, -0.1) is 0 Å². The van der Waals surface area contributed by atoms with Crippen molar-refractivity contribution in [2.45, 2.75) is 56.5 Å². The highest BCUT2D eigenvalue weighted by Gasteiger charge is 2.37. The topological polar surface area (TPSA) is 60.2 Å². The van der Waals surface area contributed by atoms with Gasteiger partial charge in [0.15, 0.2) is 9.84 Å². The van der Waals surface area contributed by atoms with Gasteiger partial charge in [-0.25, -0.2) is 8.42 Å². The van der Waals surface area contributed by atoms with Gasteiger partial charge in [-0.3, -0.25) is 0 Å². The Bertz CT molecular complexity index is 287. The normalized spacial score (nSPS) is 30.1. The summed E-state index contributed by atoms with van der Waals surface area (Å²) < 4.78 is 24.5. The Balaban J connectivity index is 2.83. The minimum atomic E-state index is -2.95. The number of hydrogen-bond acceptors (Lipinski definition) is 3. The van der Waals surface area contributed by atoms with Crippen LogP contribution in [0.4, 0.5) is 0 Å². The van der Waals surface area contributed by atoms with Crippen LogP contribution >= 0.6 is 0 Å². The minimum absolute atomic E-state index is 0.175. The highest BCUT2D eigenvalue weighted by molar-refractivity contribution is 7.92. The van der Waals surface area contributed by atoms with Crippen LogP contribution in [-0.2, 0) is 9.84 Å². The van der Waals surface area contributed by atoms with Crippen LogP contribution in [0.3, 0.4) is 0 Å². The summed E-state index contributed by atoms with van der Waals surface area (Å²) in [4.78, 5) is 0. The summed E-state index contributed by atoms with van der Waals surface area (Å²) in [5, 5.41) is -0.388. The summed E-state index contributed by atoms with van der Waals surface area (Å²) in [5.41, 5.74) is 5.67. The maximum atomic E-state index is 12.2. The number of hydrogen-bond donors (Lipinski definition) is 1. The Morgan fingerprint density at radius 2 is 1.93 bits per heavy atom. The average Bonchev–Trinajstić information content (AvgIpc) is 2.27. The second kappa shape index (κ2) is 5.30. The standard InChI is InChI=1S/C11H23NO2S/c1-3-9(2)15(13,14)11-7-5-4-6-10(11)8-12/h9-11H,3-8,12H2,1-2H3. The van der Waals surface area contributed by atoms with Crippen LogP contribution in [-0.4, -0.2) is 25.5 Å².